The highest BCUT2D eigenvalue weighted by Crippen LogP contribution is 2.12. The van der Waals surface area contributed by atoms with Crippen LogP contribution in [0.25, 0.3) is 0 Å². The number of carbonyl (C=O) groups excluding carboxylic acids is 1. The fourth-order valence-electron chi connectivity index (χ4n) is 1.62. The Bertz CT molecular complexity index is 361. The topological polar surface area (TPSA) is 41.6 Å². The van der Waals surface area contributed by atoms with E-state index < -0.39 is 0 Å². The van der Waals surface area contributed by atoms with E-state index in [0.29, 0.717) is 37.6 Å². The van der Waals surface area contributed by atoms with E-state index in [1.807, 2.05) is 0 Å². The lowest BCUT2D eigenvalue weighted by Crippen LogP contribution is -2.40. The van der Waals surface area contributed by atoms with Gasteiger partial charge in [-0.25, -0.2) is 5.54 Å². The number of morpholine rings is 1. The van der Waals surface area contributed by atoms with Crippen molar-refractivity contribution in [2.45, 2.75) is 0 Å². The molecule has 0 radical (unpaired) electrons. The average molecular weight is 224 g/mol. The van der Waals surface area contributed by atoms with Crippen molar-refractivity contribution in [1.82, 2.24) is 4.90 Å². The molecule has 0 bridgehead atoms. The molecule has 16 heavy (non-hydrogen) atoms. The molecule has 1 heterocycles. The minimum atomic E-state index is -0.0336. The highest BCUT2D eigenvalue weighted by molar-refractivity contribution is 5.94. The Morgan fingerprint density at radius 2 is 1.88 bits per heavy atom. The van der Waals surface area contributed by atoms with Crippen molar-refractivity contribution in [3.63, 3.8) is 0 Å². The molecule has 0 spiro atoms. The molecule has 1 aromatic carbocycles. The van der Waals surface area contributed by atoms with Gasteiger partial charge in [0.25, 0.3) is 5.91 Å². The normalized spacial score (nSPS) is 15.9. The van der Waals surface area contributed by atoms with E-state index in [9.17, 15) is 9.28 Å². The summed E-state index contributed by atoms with van der Waals surface area (Å²) in [7, 11) is 0. The van der Waals surface area contributed by atoms with E-state index >= 15 is 0 Å². The van der Waals surface area contributed by atoms with Gasteiger partial charge in [-0.2, -0.15) is 0 Å². The van der Waals surface area contributed by atoms with Crippen LogP contribution in [0.15, 0.2) is 24.3 Å². The summed E-state index contributed by atoms with van der Waals surface area (Å²) in [6, 6.07) is 6.29. The SMILES string of the molecule is O=C(c1ccc(NF)cc1)N1CCOCC1. The Labute approximate surface area is 92.9 Å². The lowest BCUT2D eigenvalue weighted by Gasteiger charge is -2.26. The van der Waals surface area contributed by atoms with Gasteiger partial charge in [-0.1, -0.05) is 0 Å². The van der Waals surface area contributed by atoms with Gasteiger partial charge in [-0.15, -0.1) is 4.48 Å². The molecule has 5 heteroatoms. The highest BCUT2D eigenvalue weighted by atomic mass is 19.2. The summed E-state index contributed by atoms with van der Waals surface area (Å²) in [5.74, 6) is -0.0336. The Morgan fingerprint density at radius 1 is 1.25 bits per heavy atom. The molecular weight excluding hydrogens is 211 g/mol. The van der Waals surface area contributed by atoms with Crippen molar-refractivity contribution in [2.24, 2.45) is 0 Å². The molecule has 1 saturated heterocycles. The van der Waals surface area contributed by atoms with E-state index in [2.05, 4.69) is 0 Å². The lowest BCUT2D eigenvalue weighted by molar-refractivity contribution is 0.0303. The number of hydrogen-bond acceptors (Lipinski definition) is 3. The minimum absolute atomic E-state index is 0.0336. The first-order valence-electron chi connectivity index (χ1n) is 5.15. The quantitative estimate of drug-likeness (QED) is 0.773. The third kappa shape index (κ3) is 2.30. The summed E-state index contributed by atoms with van der Waals surface area (Å²) in [6.45, 7) is 2.38. The van der Waals surface area contributed by atoms with E-state index in [4.69, 9.17) is 4.74 Å². The second-order valence-corrected chi connectivity index (χ2v) is 3.58. The van der Waals surface area contributed by atoms with E-state index in [-0.39, 0.29) is 5.91 Å². The molecule has 1 aliphatic rings. The van der Waals surface area contributed by atoms with Crippen LogP contribution in [0.1, 0.15) is 10.4 Å². The number of nitrogens with zero attached hydrogens (tertiary/aromatic N) is 1. The van der Waals surface area contributed by atoms with Crippen LogP contribution in [0.4, 0.5) is 10.2 Å². The zero-order chi connectivity index (χ0) is 11.4. The lowest BCUT2D eigenvalue weighted by atomic mass is 10.2. The maximum Gasteiger partial charge on any atom is 0.254 e. The summed E-state index contributed by atoms with van der Waals surface area (Å²) < 4.78 is 17.2. The number of halogens is 1. The van der Waals surface area contributed by atoms with Crippen LogP contribution >= 0.6 is 0 Å². The van der Waals surface area contributed by atoms with Gasteiger partial charge in [0.1, 0.15) is 0 Å². The smallest absolute Gasteiger partial charge is 0.254 e. The van der Waals surface area contributed by atoms with Gasteiger partial charge < -0.3 is 9.64 Å². The van der Waals surface area contributed by atoms with Gasteiger partial charge in [0.2, 0.25) is 0 Å². The molecule has 4 nitrogen and oxygen atoms in total. The van der Waals surface area contributed by atoms with Crippen LogP contribution in [-0.2, 0) is 4.74 Å². The fourth-order valence-corrected chi connectivity index (χ4v) is 1.62. The summed E-state index contributed by atoms with van der Waals surface area (Å²) in [5, 5.41) is 0. The molecule has 0 saturated carbocycles. The van der Waals surface area contributed by atoms with E-state index in [1.165, 1.54) is 17.7 Å². The minimum Gasteiger partial charge on any atom is -0.378 e. The number of anilines is 1. The average Bonchev–Trinajstić information content (AvgIpc) is 2.39. The van der Waals surface area contributed by atoms with E-state index in [1.54, 1.807) is 17.0 Å². The first kappa shape index (κ1) is 10.9. The van der Waals surface area contributed by atoms with Crippen molar-refractivity contribution in [1.29, 1.82) is 0 Å². The van der Waals surface area contributed by atoms with Crippen LogP contribution in [0, 0.1) is 0 Å². The van der Waals surface area contributed by atoms with Gasteiger partial charge in [0.05, 0.1) is 18.9 Å². The van der Waals surface area contributed by atoms with Gasteiger partial charge in [-0.05, 0) is 24.3 Å². The summed E-state index contributed by atoms with van der Waals surface area (Å²) in [4.78, 5) is 13.7. The predicted octanol–water partition coefficient (Wildman–Crippen LogP) is 1.46. The third-order valence-electron chi connectivity index (χ3n) is 2.54. The van der Waals surface area contributed by atoms with Gasteiger partial charge >= 0.3 is 0 Å². The van der Waals surface area contributed by atoms with Gasteiger partial charge in [0.15, 0.2) is 0 Å². The first-order chi connectivity index (χ1) is 7.81. The largest absolute Gasteiger partial charge is 0.378 e. The van der Waals surface area contributed by atoms with Crippen LogP contribution in [0.2, 0.25) is 0 Å². The molecule has 1 fully saturated rings. The molecule has 0 aliphatic carbocycles. The number of benzene rings is 1. The van der Waals surface area contributed by atoms with Crippen LogP contribution < -0.4 is 5.54 Å². The number of ether oxygens (including phenoxy) is 1. The van der Waals surface area contributed by atoms with Crippen molar-refractivity contribution in [2.75, 3.05) is 31.8 Å². The van der Waals surface area contributed by atoms with Crippen molar-refractivity contribution >= 4 is 11.6 Å². The third-order valence-corrected chi connectivity index (χ3v) is 2.54. The summed E-state index contributed by atoms with van der Waals surface area (Å²) >= 11 is 0. The second-order valence-electron chi connectivity index (χ2n) is 3.58. The molecule has 1 amide bonds. The molecule has 1 N–H and O–H groups in total. The van der Waals surface area contributed by atoms with Crippen molar-refractivity contribution in [3.8, 4) is 0 Å². The Hall–Kier alpha value is -1.62. The molecule has 0 aromatic heterocycles. The summed E-state index contributed by atoms with van der Waals surface area (Å²) in [5.41, 5.74) is 2.44. The standard InChI is InChI=1S/C11H13FN2O2/c12-13-10-3-1-9(2-4-10)11(15)14-5-7-16-8-6-14/h1-4,13H,5-8H2. The highest BCUT2D eigenvalue weighted by Gasteiger charge is 2.17. The monoisotopic (exact) mass is 224 g/mol. The predicted molar refractivity (Wildman–Crippen MR) is 57.9 cm³/mol. The van der Waals surface area contributed by atoms with Crippen LogP contribution in [0.3, 0.4) is 0 Å². The zero-order valence-electron chi connectivity index (χ0n) is 8.78. The Morgan fingerprint density at radius 3 is 2.44 bits per heavy atom. The zero-order valence-corrected chi connectivity index (χ0v) is 8.78. The van der Waals surface area contributed by atoms with E-state index in [0.717, 1.165) is 0 Å². The van der Waals surface area contributed by atoms with Crippen molar-refractivity contribution in [3.05, 3.63) is 29.8 Å². The fraction of sp³-hybridized carbons (Fsp3) is 0.364. The number of rotatable bonds is 2. The van der Waals surface area contributed by atoms with Gasteiger partial charge in [0, 0.05) is 18.7 Å². The summed E-state index contributed by atoms with van der Waals surface area (Å²) in [6.07, 6.45) is 0. The van der Waals surface area contributed by atoms with Gasteiger partial charge in [-0.3, -0.25) is 4.79 Å². The molecule has 1 aliphatic heterocycles. The molecule has 0 unspecified atom stereocenters. The molecular formula is C11H13FN2O2. The second kappa shape index (κ2) is 4.94. The van der Waals surface area contributed by atoms with Crippen LogP contribution in [-0.4, -0.2) is 37.1 Å². The Kier molecular flexibility index (Phi) is 3.36. The first-order valence-corrected chi connectivity index (χ1v) is 5.15. The van der Waals surface area contributed by atoms with Crippen molar-refractivity contribution < 1.29 is 14.0 Å². The number of carbonyl (C=O) groups is 1. The number of hydrogen-bond donors (Lipinski definition) is 1. The molecule has 0 atom stereocenters. The molecule has 86 valence electrons. The maximum absolute atomic E-state index is 12.1. The molecule has 1 aromatic rings. The number of nitrogens with one attached hydrogen (secondary N) is 1. The Balaban J connectivity index is 2.07. The maximum atomic E-state index is 12.1. The van der Waals surface area contributed by atoms with Crippen LogP contribution in [0.5, 0.6) is 0 Å². The number of amides is 1. The molecule has 2 rings (SSSR count).